The van der Waals surface area contributed by atoms with Crippen LogP contribution in [-0.2, 0) is 4.74 Å². The highest BCUT2D eigenvalue weighted by atomic mass is 16.6. The number of nitrogens with zero attached hydrogens (tertiary/aromatic N) is 3. The molecule has 1 aliphatic rings. The molecule has 8 heteroatoms. The molecule has 2 heterocycles. The predicted octanol–water partition coefficient (Wildman–Crippen LogP) is 3.04. The number of anilines is 1. The van der Waals surface area contributed by atoms with Crippen molar-refractivity contribution in [2.45, 2.75) is 46.1 Å². The maximum Gasteiger partial charge on any atom is 0.407 e. The second-order valence-electron chi connectivity index (χ2n) is 6.53. The van der Waals surface area contributed by atoms with Gasteiger partial charge < -0.3 is 15.0 Å². The molecule has 8 nitrogen and oxygen atoms in total. The van der Waals surface area contributed by atoms with E-state index in [-0.39, 0.29) is 22.3 Å². The van der Waals surface area contributed by atoms with Gasteiger partial charge in [-0.2, -0.15) is 0 Å². The van der Waals surface area contributed by atoms with E-state index in [1.54, 1.807) is 6.20 Å². The summed E-state index contributed by atoms with van der Waals surface area (Å²) >= 11 is 0. The van der Waals surface area contributed by atoms with Crippen LogP contribution < -0.4 is 10.2 Å². The van der Waals surface area contributed by atoms with Crippen LogP contribution in [0.2, 0.25) is 0 Å². The topological polar surface area (TPSA) is 97.6 Å². The van der Waals surface area contributed by atoms with Crippen LogP contribution in [0.5, 0.6) is 0 Å². The molecule has 0 unspecified atom stereocenters. The second kappa shape index (κ2) is 8.47. The summed E-state index contributed by atoms with van der Waals surface area (Å²) in [6, 6.07) is 0. The van der Waals surface area contributed by atoms with E-state index in [2.05, 4.69) is 15.2 Å². The molecule has 1 aliphatic heterocycles. The van der Waals surface area contributed by atoms with Crippen LogP contribution in [0.25, 0.3) is 0 Å². The Labute approximate surface area is 142 Å². The normalized spacial score (nSPS) is 13.8. The van der Waals surface area contributed by atoms with Crippen LogP contribution in [0.15, 0.2) is 12.4 Å². The van der Waals surface area contributed by atoms with Crippen molar-refractivity contribution in [3.05, 3.63) is 28.1 Å². The molecule has 0 radical (unpaired) electrons. The van der Waals surface area contributed by atoms with Crippen molar-refractivity contribution in [3.8, 4) is 0 Å². The Hall–Kier alpha value is -2.38. The fourth-order valence-electron chi connectivity index (χ4n) is 2.36. The molecule has 0 saturated carbocycles. The molecular formula is C16H26N4O4. The summed E-state index contributed by atoms with van der Waals surface area (Å²) in [4.78, 5) is 27.0. The van der Waals surface area contributed by atoms with E-state index in [9.17, 15) is 14.9 Å². The van der Waals surface area contributed by atoms with Crippen molar-refractivity contribution in [1.82, 2.24) is 10.3 Å². The van der Waals surface area contributed by atoms with Gasteiger partial charge in [0, 0.05) is 26.3 Å². The molecule has 1 amide bonds. The lowest BCUT2D eigenvalue weighted by atomic mass is 10.2. The van der Waals surface area contributed by atoms with Crippen molar-refractivity contribution in [1.29, 1.82) is 0 Å². The molecule has 2 rings (SSSR count). The Morgan fingerprint density at radius 3 is 2.33 bits per heavy atom. The van der Waals surface area contributed by atoms with Gasteiger partial charge in [0.2, 0.25) is 0 Å². The minimum atomic E-state index is -0.389. The smallest absolute Gasteiger partial charge is 0.407 e. The lowest BCUT2D eigenvalue weighted by Gasteiger charge is -2.19. The number of hydrogen-bond acceptors (Lipinski definition) is 6. The van der Waals surface area contributed by atoms with Crippen LogP contribution in [0.4, 0.5) is 16.2 Å². The monoisotopic (exact) mass is 338 g/mol. The maximum atomic E-state index is 10.9. The first-order valence-electron chi connectivity index (χ1n) is 7.90. The summed E-state index contributed by atoms with van der Waals surface area (Å²) in [5.74, 6) is 0. The maximum absolute atomic E-state index is 10.9. The van der Waals surface area contributed by atoms with Gasteiger partial charge in [-0.15, -0.1) is 0 Å². The van der Waals surface area contributed by atoms with Crippen LogP contribution in [-0.4, -0.2) is 41.7 Å². The first-order valence-corrected chi connectivity index (χ1v) is 7.90. The number of carbonyl (C=O) groups excluding carboxylic acids is 1. The zero-order valence-corrected chi connectivity index (χ0v) is 15.0. The molecule has 134 valence electrons. The van der Waals surface area contributed by atoms with Crippen molar-refractivity contribution >= 4 is 17.5 Å². The van der Waals surface area contributed by atoms with Gasteiger partial charge in [0.1, 0.15) is 17.5 Å². The quantitative estimate of drug-likeness (QED) is 0.657. The molecule has 1 saturated heterocycles. The molecule has 0 aliphatic carbocycles. The number of hydrogen-bond donors (Lipinski definition) is 1. The summed E-state index contributed by atoms with van der Waals surface area (Å²) in [5.41, 5.74) is 1.36. The van der Waals surface area contributed by atoms with Gasteiger partial charge in [-0.25, -0.2) is 4.79 Å². The molecule has 0 bridgehead atoms. The van der Waals surface area contributed by atoms with E-state index >= 15 is 0 Å². The number of amides is 1. The summed E-state index contributed by atoms with van der Waals surface area (Å²) in [5, 5.41) is 13.2. The van der Waals surface area contributed by atoms with Gasteiger partial charge in [0.25, 0.3) is 0 Å². The molecule has 24 heavy (non-hydrogen) atoms. The lowest BCUT2D eigenvalue weighted by Crippen LogP contribution is -2.30. The Morgan fingerprint density at radius 1 is 1.33 bits per heavy atom. The summed E-state index contributed by atoms with van der Waals surface area (Å²) < 4.78 is 4.84. The third-order valence-corrected chi connectivity index (χ3v) is 3.30. The highest BCUT2D eigenvalue weighted by Gasteiger charge is 2.24. The van der Waals surface area contributed by atoms with E-state index in [0.29, 0.717) is 0 Å². The number of pyridine rings is 1. The fraction of sp³-hybridized carbons (Fsp3) is 0.625. The number of aromatic nitrogens is 1. The van der Waals surface area contributed by atoms with Gasteiger partial charge in [-0.3, -0.25) is 15.1 Å². The summed E-state index contributed by atoms with van der Waals surface area (Å²) in [6.07, 6.45) is 4.85. The van der Waals surface area contributed by atoms with E-state index in [4.69, 9.17) is 4.74 Å². The molecule has 0 atom stereocenters. The minimum Gasteiger partial charge on any atom is -0.444 e. The van der Waals surface area contributed by atoms with Crippen LogP contribution in [0.3, 0.4) is 0 Å². The van der Waals surface area contributed by atoms with Gasteiger partial charge in [0.15, 0.2) is 0 Å². The number of ether oxygens (including phenoxy) is 1. The first kappa shape index (κ1) is 19.7. The van der Waals surface area contributed by atoms with E-state index in [1.165, 1.54) is 13.2 Å². The van der Waals surface area contributed by atoms with Crippen molar-refractivity contribution < 1.29 is 14.5 Å². The Balaban J connectivity index is 0.000000277. The number of aryl methyl sites for hydroxylation is 1. The molecule has 1 aromatic heterocycles. The average Bonchev–Trinajstić information content (AvgIpc) is 2.99. The van der Waals surface area contributed by atoms with Crippen molar-refractivity contribution in [3.63, 3.8) is 0 Å². The highest BCUT2D eigenvalue weighted by molar-refractivity contribution is 5.67. The van der Waals surface area contributed by atoms with Gasteiger partial charge >= 0.3 is 11.8 Å². The van der Waals surface area contributed by atoms with E-state index in [0.717, 1.165) is 37.2 Å². The highest BCUT2D eigenvalue weighted by Crippen LogP contribution is 2.32. The molecular weight excluding hydrogens is 312 g/mol. The first-order chi connectivity index (χ1) is 11.2. The second-order valence-corrected chi connectivity index (χ2v) is 6.53. The number of carbonyl (C=O) groups is 1. The number of nitrogens with one attached hydrogen (secondary N) is 1. The fourth-order valence-corrected chi connectivity index (χ4v) is 2.36. The number of nitro groups is 1. The predicted molar refractivity (Wildman–Crippen MR) is 92.4 cm³/mol. The zero-order valence-electron chi connectivity index (χ0n) is 15.0. The van der Waals surface area contributed by atoms with Crippen molar-refractivity contribution in [2.24, 2.45) is 0 Å². The van der Waals surface area contributed by atoms with Gasteiger partial charge in [-0.05, 0) is 46.1 Å². The summed E-state index contributed by atoms with van der Waals surface area (Å²) in [7, 11) is 1.54. The molecule has 1 aromatic rings. The third-order valence-electron chi connectivity index (χ3n) is 3.30. The Morgan fingerprint density at radius 2 is 1.92 bits per heavy atom. The Bertz CT molecular complexity index is 578. The number of alkyl carbamates (subject to hydrolysis) is 1. The van der Waals surface area contributed by atoms with Gasteiger partial charge in [0.05, 0.1) is 4.92 Å². The van der Waals surface area contributed by atoms with Crippen LogP contribution in [0.1, 0.15) is 39.2 Å². The van der Waals surface area contributed by atoms with Crippen molar-refractivity contribution in [2.75, 3.05) is 25.0 Å². The molecule has 1 N–H and O–H groups in total. The average molecular weight is 338 g/mol. The third kappa shape index (κ3) is 6.02. The van der Waals surface area contributed by atoms with E-state index in [1.807, 2.05) is 27.7 Å². The van der Waals surface area contributed by atoms with Crippen LogP contribution >= 0.6 is 0 Å². The zero-order chi connectivity index (χ0) is 18.3. The SMILES string of the molecule is CNC(=O)OC(C)(C)C.Cc1cncc([N+](=O)[O-])c1N1CCCC1. The molecule has 0 aromatic carbocycles. The Kier molecular flexibility index (Phi) is 6.94. The van der Waals surface area contributed by atoms with Crippen LogP contribution in [0, 0.1) is 17.0 Å². The summed E-state index contributed by atoms with van der Waals surface area (Å²) in [6.45, 7) is 9.15. The molecule has 1 fully saturated rings. The molecule has 0 spiro atoms. The van der Waals surface area contributed by atoms with E-state index < -0.39 is 0 Å². The largest absolute Gasteiger partial charge is 0.444 e. The standard InChI is InChI=1S/C10H13N3O2.C6H13NO2/c1-8-6-11-7-9(13(14)15)10(8)12-4-2-3-5-12;1-6(2,3)9-5(8)7-4/h6-7H,2-5H2,1H3;1-4H3,(H,7,8). The number of rotatable bonds is 2. The lowest BCUT2D eigenvalue weighted by molar-refractivity contribution is -0.384. The van der Waals surface area contributed by atoms with Gasteiger partial charge in [-0.1, -0.05) is 0 Å². The minimum absolute atomic E-state index is 0.122.